The molecule has 1 unspecified atom stereocenters. The molecule has 1 saturated heterocycles. The summed E-state index contributed by atoms with van der Waals surface area (Å²) in [5.74, 6) is 0.0451. The van der Waals surface area contributed by atoms with Crippen molar-refractivity contribution in [2.45, 2.75) is 18.9 Å². The smallest absolute Gasteiger partial charge is 0.319 e. The van der Waals surface area contributed by atoms with Crippen LogP contribution in [0.15, 0.2) is 46.9 Å². The molecule has 0 bridgehead atoms. The summed E-state index contributed by atoms with van der Waals surface area (Å²) < 4.78 is 8.12. The first-order chi connectivity index (χ1) is 17.0. The zero-order chi connectivity index (χ0) is 24.4. The number of urea groups is 1. The van der Waals surface area contributed by atoms with E-state index in [2.05, 4.69) is 52.5 Å². The molecule has 1 fully saturated rings. The van der Waals surface area contributed by atoms with Crippen LogP contribution >= 0.6 is 15.9 Å². The molecule has 1 aliphatic rings. The fourth-order valence-corrected chi connectivity index (χ4v) is 4.55. The van der Waals surface area contributed by atoms with Crippen LogP contribution in [0.4, 0.5) is 16.2 Å². The Bertz CT molecular complexity index is 1380. The quantitative estimate of drug-likeness (QED) is 0.295. The van der Waals surface area contributed by atoms with Crippen molar-refractivity contribution in [2.24, 2.45) is 7.05 Å². The number of hydrogen-bond donors (Lipinski definition) is 4. The number of nitrogens with one attached hydrogen (secondary N) is 4. The van der Waals surface area contributed by atoms with E-state index in [9.17, 15) is 9.59 Å². The number of nitrogens with zero attached hydrogens (tertiary/aromatic N) is 4. The summed E-state index contributed by atoms with van der Waals surface area (Å²) in [4.78, 5) is 25.8. The Labute approximate surface area is 208 Å². The lowest BCUT2D eigenvalue weighted by molar-refractivity contribution is 0.101. The van der Waals surface area contributed by atoms with Gasteiger partial charge in [0.1, 0.15) is 5.69 Å². The molecule has 2 aromatic carbocycles. The van der Waals surface area contributed by atoms with Gasteiger partial charge in [-0.2, -0.15) is 5.21 Å². The Balaban J connectivity index is 1.37. The van der Waals surface area contributed by atoms with Crippen molar-refractivity contribution in [1.82, 2.24) is 30.5 Å². The zero-order valence-electron chi connectivity index (χ0n) is 18.8. The van der Waals surface area contributed by atoms with Crippen LogP contribution in [0, 0.1) is 0 Å². The molecule has 3 heterocycles. The van der Waals surface area contributed by atoms with E-state index in [4.69, 9.17) is 4.74 Å². The van der Waals surface area contributed by atoms with Crippen LogP contribution in [-0.2, 0) is 11.8 Å². The summed E-state index contributed by atoms with van der Waals surface area (Å²) in [6, 6.07) is 12.4. The summed E-state index contributed by atoms with van der Waals surface area (Å²) >= 11 is 3.44. The van der Waals surface area contributed by atoms with Crippen molar-refractivity contribution in [2.75, 3.05) is 23.8 Å². The van der Waals surface area contributed by atoms with E-state index in [0.717, 1.165) is 34.8 Å². The van der Waals surface area contributed by atoms with E-state index < -0.39 is 0 Å². The van der Waals surface area contributed by atoms with Crippen LogP contribution in [0.3, 0.4) is 0 Å². The normalized spacial score (nSPS) is 15.3. The van der Waals surface area contributed by atoms with Crippen molar-refractivity contribution in [3.63, 3.8) is 0 Å². The Kier molecular flexibility index (Phi) is 6.47. The molecule has 1 aliphatic heterocycles. The van der Waals surface area contributed by atoms with Gasteiger partial charge in [-0.25, -0.2) is 4.79 Å². The molecule has 4 N–H and O–H groups in total. The number of anilines is 2. The van der Waals surface area contributed by atoms with Gasteiger partial charge in [-0.3, -0.25) is 4.79 Å². The number of carbonyl (C=O) groups is 2. The summed E-state index contributed by atoms with van der Waals surface area (Å²) in [6.07, 6.45) is 2.01. The maximum Gasteiger partial charge on any atom is 0.319 e. The zero-order valence-corrected chi connectivity index (χ0v) is 20.4. The number of fused-ring (bicyclic) bond motifs is 1. The monoisotopic (exact) mass is 538 g/mol. The van der Waals surface area contributed by atoms with E-state index in [-0.39, 0.29) is 18.0 Å². The molecular formula is C23H23BrN8O3. The first-order valence-electron chi connectivity index (χ1n) is 11.1. The van der Waals surface area contributed by atoms with Crippen LogP contribution in [0.2, 0.25) is 0 Å². The van der Waals surface area contributed by atoms with Gasteiger partial charge in [0.05, 0.1) is 23.0 Å². The van der Waals surface area contributed by atoms with Crippen LogP contribution in [-0.4, -0.2) is 56.4 Å². The van der Waals surface area contributed by atoms with Crippen molar-refractivity contribution in [3.8, 4) is 11.4 Å². The molecule has 0 spiro atoms. The van der Waals surface area contributed by atoms with Crippen molar-refractivity contribution >= 4 is 50.1 Å². The van der Waals surface area contributed by atoms with E-state index in [1.165, 1.54) is 0 Å². The van der Waals surface area contributed by atoms with E-state index >= 15 is 0 Å². The number of aromatic nitrogens is 5. The van der Waals surface area contributed by atoms with Crippen LogP contribution in [0.1, 0.15) is 23.3 Å². The molecule has 0 saturated carbocycles. The molecule has 35 heavy (non-hydrogen) atoms. The Hall–Kier alpha value is -3.77. The Morgan fingerprint density at radius 1 is 1.20 bits per heavy atom. The minimum Gasteiger partial charge on any atom is -0.376 e. The van der Waals surface area contributed by atoms with Gasteiger partial charge in [0.2, 0.25) is 5.82 Å². The van der Waals surface area contributed by atoms with Crippen molar-refractivity contribution < 1.29 is 14.3 Å². The molecule has 12 heteroatoms. The highest BCUT2D eigenvalue weighted by molar-refractivity contribution is 9.10. The lowest BCUT2D eigenvalue weighted by Gasteiger charge is -2.13. The summed E-state index contributed by atoms with van der Waals surface area (Å²) in [6.45, 7) is 1.19. The van der Waals surface area contributed by atoms with Gasteiger partial charge in [-0.05, 0) is 48.4 Å². The van der Waals surface area contributed by atoms with E-state index in [1.54, 1.807) is 35.9 Å². The van der Waals surface area contributed by atoms with E-state index in [1.807, 2.05) is 18.2 Å². The number of rotatable bonds is 6. The van der Waals surface area contributed by atoms with Gasteiger partial charge in [0, 0.05) is 35.6 Å². The molecule has 180 valence electrons. The van der Waals surface area contributed by atoms with Crippen molar-refractivity contribution in [3.05, 3.63) is 52.6 Å². The standard InChI is InChI=1S/C23H23BrN8O3/c1-32-19(22(33)26-17-8-7-14(24)11-16(17)21-28-30-31-29-21)10-13-4-2-6-18(20(13)32)27-23(34)25-12-15-5-3-9-35-15/h2,4,6-8,10-11,15H,3,5,9,12H2,1H3,(H,26,33)(H2,25,27,34)(H,28,29,30,31). The minimum absolute atomic E-state index is 0.0535. The number of aryl methyl sites for hydroxylation is 1. The van der Waals surface area contributed by atoms with Crippen molar-refractivity contribution in [1.29, 1.82) is 0 Å². The Morgan fingerprint density at radius 3 is 2.86 bits per heavy atom. The van der Waals surface area contributed by atoms with Crippen LogP contribution < -0.4 is 16.0 Å². The molecule has 1 atom stereocenters. The second-order valence-corrected chi connectivity index (χ2v) is 9.10. The second-order valence-electron chi connectivity index (χ2n) is 8.18. The van der Waals surface area contributed by atoms with Gasteiger partial charge in [-0.15, -0.1) is 10.2 Å². The number of benzene rings is 2. The maximum atomic E-state index is 13.3. The second kappa shape index (κ2) is 9.84. The fourth-order valence-electron chi connectivity index (χ4n) is 4.19. The summed E-state index contributed by atoms with van der Waals surface area (Å²) in [5.41, 5.74) is 2.92. The molecule has 11 nitrogen and oxygen atoms in total. The van der Waals surface area contributed by atoms with Gasteiger partial charge in [0.25, 0.3) is 5.91 Å². The largest absolute Gasteiger partial charge is 0.376 e. The fraction of sp³-hybridized carbons (Fsp3) is 0.261. The predicted molar refractivity (Wildman–Crippen MR) is 134 cm³/mol. The molecule has 4 aromatic rings. The number of ether oxygens (including phenoxy) is 1. The molecular weight excluding hydrogens is 516 g/mol. The average molecular weight is 539 g/mol. The van der Waals surface area contributed by atoms with Gasteiger partial charge in [-0.1, -0.05) is 28.1 Å². The van der Waals surface area contributed by atoms with E-state index in [0.29, 0.717) is 35.0 Å². The molecule has 0 radical (unpaired) electrons. The first-order valence-corrected chi connectivity index (χ1v) is 11.9. The minimum atomic E-state index is -0.320. The number of aromatic amines is 1. The third-order valence-corrected chi connectivity index (χ3v) is 6.36. The summed E-state index contributed by atoms with van der Waals surface area (Å²) in [7, 11) is 1.79. The van der Waals surface area contributed by atoms with Gasteiger partial charge < -0.3 is 25.3 Å². The van der Waals surface area contributed by atoms with Crippen LogP contribution in [0.5, 0.6) is 0 Å². The number of halogens is 1. The molecule has 5 rings (SSSR count). The number of tetrazole rings is 1. The topological polar surface area (TPSA) is 139 Å². The lowest BCUT2D eigenvalue weighted by Crippen LogP contribution is -2.35. The number of para-hydroxylation sites is 1. The number of hydrogen-bond acceptors (Lipinski definition) is 6. The lowest BCUT2D eigenvalue weighted by atomic mass is 10.1. The third kappa shape index (κ3) is 4.88. The summed E-state index contributed by atoms with van der Waals surface area (Å²) in [5, 5.41) is 23.6. The highest BCUT2D eigenvalue weighted by Crippen LogP contribution is 2.30. The molecule has 2 aromatic heterocycles. The van der Waals surface area contributed by atoms with Gasteiger partial charge in [0.15, 0.2) is 0 Å². The Morgan fingerprint density at radius 2 is 2.09 bits per heavy atom. The highest BCUT2D eigenvalue weighted by Gasteiger charge is 2.20. The average Bonchev–Trinajstić information content (AvgIpc) is 3.61. The highest BCUT2D eigenvalue weighted by atomic mass is 79.9. The maximum absolute atomic E-state index is 13.3. The first kappa shape index (κ1) is 23.0. The third-order valence-electron chi connectivity index (χ3n) is 5.87. The number of amides is 3. The molecule has 3 amide bonds. The number of carbonyl (C=O) groups excluding carboxylic acids is 2. The predicted octanol–water partition coefficient (Wildman–Crippen LogP) is 3.67. The SMILES string of the molecule is Cn1c(C(=O)Nc2ccc(Br)cc2-c2nn[nH]n2)cc2cccc(NC(=O)NCC3CCCO3)c21. The van der Waals surface area contributed by atoms with Gasteiger partial charge >= 0.3 is 6.03 Å². The molecule has 0 aliphatic carbocycles. The van der Waals surface area contributed by atoms with Crippen LogP contribution in [0.25, 0.3) is 22.3 Å². The number of H-pyrrole nitrogens is 1.